The van der Waals surface area contributed by atoms with E-state index >= 15 is 0 Å². The van der Waals surface area contributed by atoms with E-state index in [0.717, 1.165) is 18.5 Å². The average Bonchev–Trinajstić information content (AvgIpc) is 2.72. The lowest BCUT2D eigenvalue weighted by molar-refractivity contribution is 0.305. The van der Waals surface area contributed by atoms with Crippen LogP contribution in [-0.4, -0.2) is 18.4 Å². The highest BCUT2D eigenvalue weighted by molar-refractivity contribution is 5.83. The molecular weight excluding hydrogens is 172 g/mol. The average molecular weight is 194 g/mol. The summed E-state index contributed by atoms with van der Waals surface area (Å²) in [5, 5.41) is 3.61. The van der Waals surface area contributed by atoms with E-state index in [9.17, 15) is 0 Å². The van der Waals surface area contributed by atoms with Crippen LogP contribution in [0.3, 0.4) is 0 Å². The number of hydrogen-bond donors (Lipinski definition) is 1. The van der Waals surface area contributed by atoms with Crippen molar-refractivity contribution in [2.24, 2.45) is 10.9 Å². The van der Waals surface area contributed by atoms with Gasteiger partial charge >= 0.3 is 0 Å². The van der Waals surface area contributed by atoms with Crippen LogP contribution in [0.25, 0.3) is 0 Å². The van der Waals surface area contributed by atoms with Gasteiger partial charge in [-0.25, -0.2) is 0 Å². The summed E-state index contributed by atoms with van der Waals surface area (Å²) in [5.74, 6) is 2.28. The van der Waals surface area contributed by atoms with E-state index in [1.165, 1.54) is 50.8 Å². The van der Waals surface area contributed by atoms with Crippen LogP contribution in [0.2, 0.25) is 0 Å². The SMILES string of the molecule is CCC1CCC(NC2=NCCC2)CC1. The molecule has 0 aromatic carbocycles. The number of rotatable bonds is 2. The molecule has 14 heavy (non-hydrogen) atoms. The van der Waals surface area contributed by atoms with Crippen molar-refractivity contribution in [1.29, 1.82) is 0 Å². The number of aliphatic imine (C=N–C) groups is 1. The molecule has 2 aliphatic rings. The van der Waals surface area contributed by atoms with E-state index in [-0.39, 0.29) is 0 Å². The fourth-order valence-electron chi connectivity index (χ4n) is 2.61. The van der Waals surface area contributed by atoms with Crippen LogP contribution in [0.1, 0.15) is 51.9 Å². The number of nitrogens with one attached hydrogen (secondary N) is 1. The highest BCUT2D eigenvalue weighted by Gasteiger charge is 2.21. The Labute approximate surface area is 87.2 Å². The van der Waals surface area contributed by atoms with Gasteiger partial charge in [0, 0.05) is 19.0 Å². The molecule has 1 aliphatic carbocycles. The summed E-state index contributed by atoms with van der Waals surface area (Å²) in [5.41, 5.74) is 0. The standard InChI is InChI=1S/C12H22N2/c1-2-10-5-7-11(8-6-10)14-12-4-3-9-13-12/h10-11H,2-9H2,1H3,(H,13,14). The van der Waals surface area contributed by atoms with Crippen molar-refractivity contribution in [3.8, 4) is 0 Å². The minimum atomic E-state index is 0.731. The Morgan fingerprint density at radius 2 is 2.07 bits per heavy atom. The Kier molecular flexibility index (Phi) is 3.44. The Morgan fingerprint density at radius 1 is 1.29 bits per heavy atom. The number of nitrogens with zero attached hydrogens (tertiary/aromatic N) is 1. The third-order valence-corrected chi connectivity index (χ3v) is 3.67. The summed E-state index contributed by atoms with van der Waals surface area (Å²) in [6.07, 6.45) is 9.37. The molecule has 1 heterocycles. The summed E-state index contributed by atoms with van der Waals surface area (Å²) < 4.78 is 0. The first-order chi connectivity index (χ1) is 6.88. The van der Waals surface area contributed by atoms with Crippen molar-refractivity contribution >= 4 is 5.84 Å². The maximum atomic E-state index is 4.47. The van der Waals surface area contributed by atoms with Gasteiger partial charge in [-0.15, -0.1) is 0 Å². The summed E-state index contributed by atoms with van der Waals surface area (Å²) in [7, 11) is 0. The second-order valence-electron chi connectivity index (χ2n) is 4.70. The first-order valence-electron chi connectivity index (χ1n) is 6.18. The summed E-state index contributed by atoms with van der Waals surface area (Å²) >= 11 is 0. The van der Waals surface area contributed by atoms with Crippen LogP contribution in [-0.2, 0) is 0 Å². The highest BCUT2D eigenvalue weighted by Crippen LogP contribution is 2.26. The Hall–Kier alpha value is -0.530. The monoisotopic (exact) mass is 194 g/mol. The molecule has 0 atom stereocenters. The maximum absolute atomic E-state index is 4.47. The number of amidine groups is 1. The molecular formula is C12H22N2. The minimum absolute atomic E-state index is 0.731. The highest BCUT2D eigenvalue weighted by atomic mass is 15.0. The summed E-state index contributed by atoms with van der Waals surface area (Å²) in [6, 6.07) is 0.731. The molecule has 0 aromatic heterocycles. The van der Waals surface area contributed by atoms with Crippen LogP contribution in [0, 0.1) is 5.92 Å². The van der Waals surface area contributed by atoms with Crippen LogP contribution >= 0.6 is 0 Å². The van der Waals surface area contributed by atoms with Crippen molar-refractivity contribution in [2.45, 2.75) is 57.9 Å². The van der Waals surface area contributed by atoms with Crippen molar-refractivity contribution in [3.05, 3.63) is 0 Å². The van der Waals surface area contributed by atoms with Gasteiger partial charge in [-0.2, -0.15) is 0 Å². The molecule has 0 unspecified atom stereocenters. The molecule has 1 aliphatic heterocycles. The lowest BCUT2D eigenvalue weighted by atomic mass is 9.84. The number of hydrogen-bond acceptors (Lipinski definition) is 2. The molecule has 0 radical (unpaired) electrons. The van der Waals surface area contributed by atoms with Crippen LogP contribution < -0.4 is 5.32 Å². The zero-order valence-corrected chi connectivity index (χ0v) is 9.26. The van der Waals surface area contributed by atoms with Gasteiger partial charge in [0.1, 0.15) is 0 Å². The molecule has 1 fully saturated rings. The molecule has 0 aromatic rings. The largest absolute Gasteiger partial charge is 0.371 e. The van der Waals surface area contributed by atoms with E-state index in [4.69, 9.17) is 0 Å². The fraction of sp³-hybridized carbons (Fsp3) is 0.917. The maximum Gasteiger partial charge on any atom is 0.0965 e. The van der Waals surface area contributed by atoms with Gasteiger partial charge in [0.2, 0.25) is 0 Å². The van der Waals surface area contributed by atoms with E-state index in [1.54, 1.807) is 0 Å². The smallest absolute Gasteiger partial charge is 0.0965 e. The Balaban J connectivity index is 1.72. The van der Waals surface area contributed by atoms with Crippen molar-refractivity contribution in [1.82, 2.24) is 5.32 Å². The quantitative estimate of drug-likeness (QED) is 0.718. The molecule has 80 valence electrons. The molecule has 2 heteroatoms. The van der Waals surface area contributed by atoms with Gasteiger partial charge in [0.25, 0.3) is 0 Å². The lowest BCUT2D eigenvalue weighted by Crippen LogP contribution is -2.36. The van der Waals surface area contributed by atoms with E-state index in [2.05, 4.69) is 17.2 Å². The van der Waals surface area contributed by atoms with E-state index in [1.807, 2.05) is 0 Å². The normalized spacial score (nSPS) is 32.8. The predicted molar refractivity (Wildman–Crippen MR) is 60.7 cm³/mol. The fourth-order valence-corrected chi connectivity index (χ4v) is 2.61. The molecule has 1 saturated carbocycles. The Bertz CT molecular complexity index is 202. The molecule has 0 spiro atoms. The van der Waals surface area contributed by atoms with Gasteiger partial charge < -0.3 is 5.32 Å². The molecule has 2 nitrogen and oxygen atoms in total. The van der Waals surface area contributed by atoms with Gasteiger partial charge in [-0.05, 0) is 38.0 Å². The van der Waals surface area contributed by atoms with Gasteiger partial charge in [0.05, 0.1) is 5.84 Å². The first-order valence-corrected chi connectivity index (χ1v) is 6.18. The zero-order chi connectivity index (χ0) is 9.80. The van der Waals surface area contributed by atoms with E-state index < -0.39 is 0 Å². The van der Waals surface area contributed by atoms with Crippen LogP contribution in [0.5, 0.6) is 0 Å². The molecule has 1 N–H and O–H groups in total. The molecule has 2 rings (SSSR count). The molecule has 0 saturated heterocycles. The molecule has 0 bridgehead atoms. The van der Waals surface area contributed by atoms with Crippen LogP contribution in [0.4, 0.5) is 0 Å². The molecule has 0 amide bonds. The van der Waals surface area contributed by atoms with E-state index in [0.29, 0.717) is 0 Å². The van der Waals surface area contributed by atoms with Gasteiger partial charge in [0.15, 0.2) is 0 Å². The van der Waals surface area contributed by atoms with Gasteiger partial charge in [-0.3, -0.25) is 4.99 Å². The topological polar surface area (TPSA) is 24.4 Å². The Morgan fingerprint density at radius 3 is 2.64 bits per heavy atom. The zero-order valence-electron chi connectivity index (χ0n) is 9.26. The first kappa shape index (κ1) is 10.0. The predicted octanol–water partition coefficient (Wildman–Crippen LogP) is 2.74. The second-order valence-corrected chi connectivity index (χ2v) is 4.70. The van der Waals surface area contributed by atoms with Gasteiger partial charge in [-0.1, -0.05) is 13.3 Å². The lowest BCUT2D eigenvalue weighted by Gasteiger charge is -2.29. The third-order valence-electron chi connectivity index (χ3n) is 3.67. The van der Waals surface area contributed by atoms with Crippen LogP contribution in [0.15, 0.2) is 4.99 Å². The van der Waals surface area contributed by atoms with Crippen molar-refractivity contribution < 1.29 is 0 Å². The second kappa shape index (κ2) is 4.81. The third kappa shape index (κ3) is 2.49. The summed E-state index contributed by atoms with van der Waals surface area (Å²) in [4.78, 5) is 4.47. The van der Waals surface area contributed by atoms with Crippen molar-refractivity contribution in [3.63, 3.8) is 0 Å². The minimum Gasteiger partial charge on any atom is -0.371 e. The summed E-state index contributed by atoms with van der Waals surface area (Å²) in [6.45, 7) is 3.37. The van der Waals surface area contributed by atoms with Crippen molar-refractivity contribution in [2.75, 3.05) is 6.54 Å².